The summed E-state index contributed by atoms with van der Waals surface area (Å²) in [5.74, 6) is -0.191. The number of hydrogen-bond acceptors (Lipinski definition) is 4. The van der Waals surface area contributed by atoms with Crippen LogP contribution in [0.1, 0.15) is 21.4 Å². The quantitative estimate of drug-likeness (QED) is 0.694. The molecule has 5 nitrogen and oxygen atoms in total. The summed E-state index contributed by atoms with van der Waals surface area (Å²) in [5, 5.41) is 1.89. The summed E-state index contributed by atoms with van der Waals surface area (Å²) >= 11 is 6.02. The molecule has 3 aromatic rings. The number of rotatable bonds is 6. The molecule has 1 N–H and O–H groups in total. The number of carbonyl (C=O) groups is 1. The van der Waals surface area contributed by atoms with E-state index in [1.807, 2.05) is 0 Å². The van der Waals surface area contributed by atoms with Gasteiger partial charge < -0.3 is 9.73 Å². The maximum absolute atomic E-state index is 13.0. The summed E-state index contributed by atoms with van der Waals surface area (Å²) in [6.45, 7) is -0.144. The van der Waals surface area contributed by atoms with Gasteiger partial charge in [-0.05, 0) is 36.4 Å². The van der Waals surface area contributed by atoms with Crippen LogP contribution in [-0.4, -0.2) is 20.9 Å². The van der Waals surface area contributed by atoms with Gasteiger partial charge in [-0.15, -0.1) is 0 Å². The monoisotopic (exact) mass is 389 g/mol. The third kappa shape index (κ3) is 3.81. The Bertz CT molecular complexity index is 985. The topological polar surface area (TPSA) is 76.4 Å². The number of nitrogens with one attached hydrogen (secondary N) is 1. The van der Waals surface area contributed by atoms with Crippen molar-refractivity contribution in [2.75, 3.05) is 6.54 Å². The second-order valence-corrected chi connectivity index (χ2v) is 8.09. The van der Waals surface area contributed by atoms with Gasteiger partial charge in [-0.3, -0.25) is 4.79 Å². The lowest BCUT2D eigenvalue weighted by Gasteiger charge is -2.17. The number of amides is 1. The van der Waals surface area contributed by atoms with Crippen LogP contribution in [0.5, 0.6) is 0 Å². The molecule has 1 heterocycles. The summed E-state index contributed by atoms with van der Waals surface area (Å²) in [4.78, 5) is 12.5. The minimum Gasteiger partial charge on any atom is -0.468 e. The van der Waals surface area contributed by atoms with E-state index in [-0.39, 0.29) is 22.8 Å². The van der Waals surface area contributed by atoms with Crippen molar-refractivity contribution in [1.29, 1.82) is 0 Å². The second-order valence-electron chi connectivity index (χ2n) is 5.55. The molecule has 0 saturated heterocycles. The normalized spacial score (nSPS) is 12.5. The first kappa shape index (κ1) is 18.2. The smallest absolute Gasteiger partial charge is 0.252 e. The van der Waals surface area contributed by atoms with Gasteiger partial charge in [-0.2, -0.15) is 0 Å². The molecule has 0 aliphatic rings. The molecule has 134 valence electrons. The van der Waals surface area contributed by atoms with Gasteiger partial charge in [0.1, 0.15) is 11.0 Å². The van der Waals surface area contributed by atoms with Crippen LogP contribution in [0, 0.1) is 0 Å². The van der Waals surface area contributed by atoms with E-state index in [2.05, 4.69) is 5.32 Å². The molecule has 3 rings (SSSR count). The average molecular weight is 390 g/mol. The van der Waals surface area contributed by atoms with Crippen LogP contribution in [0.3, 0.4) is 0 Å². The van der Waals surface area contributed by atoms with Crippen LogP contribution in [0.25, 0.3) is 0 Å². The van der Waals surface area contributed by atoms with Crippen LogP contribution >= 0.6 is 11.6 Å². The van der Waals surface area contributed by atoms with Gasteiger partial charge in [-0.25, -0.2) is 8.42 Å². The molecular weight excluding hydrogens is 374 g/mol. The van der Waals surface area contributed by atoms with Gasteiger partial charge in [-0.1, -0.05) is 41.9 Å². The molecule has 0 bridgehead atoms. The zero-order valence-corrected chi connectivity index (χ0v) is 15.2. The zero-order valence-electron chi connectivity index (χ0n) is 13.6. The molecule has 1 aromatic heterocycles. The summed E-state index contributed by atoms with van der Waals surface area (Å²) in [6.07, 6.45) is 1.40. The number of hydrogen-bond donors (Lipinski definition) is 1. The molecule has 0 aliphatic carbocycles. The summed E-state index contributed by atoms with van der Waals surface area (Å²) < 4.78 is 31.3. The predicted octanol–water partition coefficient (Wildman–Crippen LogP) is 3.88. The Kier molecular flexibility index (Phi) is 5.44. The molecule has 0 spiro atoms. The highest BCUT2D eigenvalue weighted by Gasteiger charge is 2.31. The number of benzene rings is 2. The molecule has 0 saturated carbocycles. The number of furan rings is 1. The molecule has 0 aliphatic heterocycles. The number of halogens is 1. The lowest BCUT2D eigenvalue weighted by Crippen LogP contribution is -2.32. The van der Waals surface area contributed by atoms with Gasteiger partial charge in [0.05, 0.1) is 21.7 Å². The fourth-order valence-corrected chi connectivity index (χ4v) is 4.37. The highest BCUT2D eigenvalue weighted by molar-refractivity contribution is 7.91. The Morgan fingerprint density at radius 1 is 1.00 bits per heavy atom. The average Bonchev–Trinajstić information content (AvgIpc) is 3.17. The van der Waals surface area contributed by atoms with Crippen molar-refractivity contribution in [2.24, 2.45) is 0 Å². The molecular formula is C19H16ClNO4S. The largest absolute Gasteiger partial charge is 0.468 e. The van der Waals surface area contributed by atoms with Crippen molar-refractivity contribution in [3.8, 4) is 0 Å². The number of carbonyl (C=O) groups excluding carboxylic acids is 1. The van der Waals surface area contributed by atoms with Gasteiger partial charge in [0, 0.05) is 6.54 Å². The standard InChI is InChI=1S/C19H16ClNO4S/c20-16-10-5-4-9-15(16)19(22)21-13-18(17-11-6-12-25-17)26(23,24)14-7-2-1-3-8-14/h1-12,18H,13H2,(H,21,22). The third-order valence-electron chi connectivity index (χ3n) is 3.87. The fourth-order valence-electron chi connectivity index (χ4n) is 2.54. The van der Waals surface area contributed by atoms with Crippen molar-refractivity contribution in [1.82, 2.24) is 5.32 Å². The maximum Gasteiger partial charge on any atom is 0.252 e. The number of sulfone groups is 1. The van der Waals surface area contributed by atoms with E-state index < -0.39 is 21.0 Å². The van der Waals surface area contributed by atoms with Crippen molar-refractivity contribution < 1.29 is 17.6 Å². The highest BCUT2D eigenvalue weighted by Crippen LogP contribution is 2.29. The highest BCUT2D eigenvalue weighted by atomic mass is 35.5. The van der Waals surface area contributed by atoms with Crippen molar-refractivity contribution in [3.63, 3.8) is 0 Å². The fraction of sp³-hybridized carbons (Fsp3) is 0.105. The third-order valence-corrected chi connectivity index (χ3v) is 6.28. The van der Waals surface area contributed by atoms with E-state index in [0.29, 0.717) is 5.02 Å². The molecule has 0 radical (unpaired) electrons. The first-order chi connectivity index (χ1) is 12.5. The van der Waals surface area contributed by atoms with E-state index >= 15 is 0 Å². The van der Waals surface area contributed by atoms with E-state index in [9.17, 15) is 13.2 Å². The van der Waals surface area contributed by atoms with Crippen LogP contribution in [0.15, 0.2) is 82.3 Å². The van der Waals surface area contributed by atoms with E-state index in [0.717, 1.165) is 0 Å². The first-order valence-electron chi connectivity index (χ1n) is 7.85. The molecule has 1 atom stereocenters. The van der Waals surface area contributed by atoms with E-state index in [1.54, 1.807) is 54.6 Å². The van der Waals surface area contributed by atoms with E-state index in [4.69, 9.17) is 16.0 Å². The Morgan fingerprint density at radius 3 is 2.35 bits per heavy atom. The zero-order chi connectivity index (χ0) is 18.6. The van der Waals surface area contributed by atoms with Gasteiger partial charge in [0.15, 0.2) is 9.84 Å². The summed E-state index contributed by atoms with van der Waals surface area (Å²) in [5.41, 5.74) is 0.282. The molecule has 1 amide bonds. The Labute approximate surface area is 156 Å². The molecule has 1 unspecified atom stereocenters. The van der Waals surface area contributed by atoms with Crippen molar-refractivity contribution in [2.45, 2.75) is 10.1 Å². The molecule has 7 heteroatoms. The first-order valence-corrected chi connectivity index (χ1v) is 9.77. The van der Waals surface area contributed by atoms with Crippen molar-refractivity contribution in [3.05, 3.63) is 89.3 Å². The van der Waals surface area contributed by atoms with Crippen molar-refractivity contribution >= 4 is 27.3 Å². The Balaban J connectivity index is 1.87. The van der Waals surface area contributed by atoms with Gasteiger partial charge in [0.2, 0.25) is 0 Å². The lowest BCUT2D eigenvalue weighted by molar-refractivity contribution is 0.0953. The predicted molar refractivity (Wildman–Crippen MR) is 98.9 cm³/mol. The molecule has 26 heavy (non-hydrogen) atoms. The molecule has 0 fully saturated rings. The Morgan fingerprint density at radius 2 is 1.69 bits per heavy atom. The second kappa shape index (κ2) is 7.76. The maximum atomic E-state index is 13.0. The van der Waals surface area contributed by atoms with Gasteiger partial charge in [0.25, 0.3) is 5.91 Å². The lowest BCUT2D eigenvalue weighted by atomic mass is 10.2. The molecule has 2 aromatic carbocycles. The van der Waals surface area contributed by atoms with Crippen LogP contribution < -0.4 is 5.32 Å². The minimum absolute atomic E-state index is 0.144. The van der Waals surface area contributed by atoms with Crippen LogP contribution in [0.4, 0.5) is 0 Å². The van der Waals surface area contributed by atoms with E-state index in [1.165, 1.54) is 18.4 Å². The summed E-state index contributed by atoms with van der Waals surface area (Å²) in [6, 6.07) is 17.8. The SMILES string of the molecule is O=C(NCC(c1ccco1)S(=O)(=O)c1ccccc1)c1ccccc1Cl. The summed E-state index contributed by atoms with van der Waals surface area (Å²) in [7, 11) is -3.75. The van der Waals surface area contributed by atoms with Crippen LogP contribution in [-0.2, 0) is 9.84 Å². The Hall–Kier alpha value is -2.57. The van der Waals surface area contributed by atoms with Gasteiger partial charge >= 0.3 is 0 Å². The van der Waals surface area contributed by atoms with Crippen LogP contribution in [0.2, 0.25) is 5.02 Å². The minimum atomic E-state index is -3.75.